The third-order valence-electron chi connectivity index (χ3n) is 7.32. The molecule has 0 bridgehead atoms. The van der Waals surface area contributed by atoms with Crippen molar-refractivity contribution in [2.45, 2.75) is 0 Å². The molecule has 44 heavy (non-hydrogen) atoms. The summed E-state index contributed by atoms with van der Waals surface area (Å²) in [5.74, 6) is 0.311. The Morgan fingerprint density at radius 2 is 0.841 bits per heavy atom. The van der Waals surface area contributed by atoms with Gasteiger partial charge in [0.1, 0.15) is 11.0 Å². The van der Waals surface area contributed by atoms with Gasteiger partial charge in [-0.25, -0.2) is 9.97 Å². The van der Waals surface area contributed by atoms with Gasteiger partial charge >= 0.3 is 14.1 Å². The van der Waals surface area contributed by atoms with Crippen molar-refractivity contribution in [2.24, 2.45) is 0 Å². The highest BCUT2D eigenvalue weighted by Gasteiger charge is 2.51. The quantitative estimate of drug-likeness (QED) is 0.169. The van der Waals surface area contributed by atoms with Crippen LogP contribution in [0.3, 0.4) is 0 Å². The Morgan fingerprint density at radius 1 is 0.477 bits per heavy atom. The molecule has 12 heteroatoms. The summed E-state index contributed by atoms with van der Waals surface area (Å²) in [5.41, 5.74) is 3.61. The maximum absolute atomic E-state index is 14.6. The molecule has 0 unspecified atom stereocenters. The molecule has 2 aliphatic rings. The van der Waals surface area contributed by atoms with Gasteiger partial charge < -0.3 is 35.5 Å². The number of aromatic nitrogens is 4. The second-order valence-corrected chi connectivity index (χ2v) is 10.2. The van der Waals surface area contributed by atoms with E-state index in [-0.39, 0.29) is 11.5 Å². The third-order valence-corrected chi connectivity index (χ3v) is 7.32. The molecule has 8 rings (SSSR count). The summed E-state index contributed by atoms with van der Waals surface area (Å²) in [6.07, 6.45) is 6.08. The SMILES string of the molecule is F[B-]1(F)OC(c2ccccc2)=Cc2cnc3ccccc3[n+]21.F[B-]1(F)OC(c2ccccc2)=Cc2cnc3ccccc3[n+]21. The molecule has 0 aliphatic carbocycles. The zero-order chi connectivity index (χ0) is 30.3. The lowest BCUT2D eigenvalue weighted by molar-refractivity contribution is -0.557. The maximum atomic E-state index is 14.6. The molecule has 0 spiro atoms. The number of benzene rings is 4. The number of hydrogen-bond donors (Lipinski definition) is 0. The Kier molecular flexibility index (Phi) is 6.61. The molecule has 216 valence electrons. The van der Waals surface area contributed by atoms with Crippen LogP contribution < -0.4 is 8.96 Å². The largest absolute Gasteiger partial charge is 0.834 e. The fourth-order valence-corrected chi connectivity index (χ4v) is 5.37. The van der Waals surface area contributed by atoms with E-state index in [4.69, 9.17) is 9.31 Å². The van der Waals surface area contributed by atoms with E-state index in [1.807, 2.05) is 12.1 Å². The van der Waals surface area contributed by atoms with Gasteiger partial charge in [-0.3, -0.25) is 0 Å². The van der Waals surface area contributed by atoms with Crippen LogP contribution in [0, 0.1) is 0 Å². The van der Waals surface area contributed by atoms with E-state index in [0.717, 1.165) is 8.96 Å². The van der Waals surface area contributed by atoms with Crippen LogP contribution in [0.15, 0.2) is 122 Å². The highest BCUT2D eigenvalue weighted by molar-refractivity contribution is 6.52. The predicted molar refractivity (Wildman–Crippen MR) is 161 cm³/mol. The minimum absolute atomic E-state index is 0.155. The molecule has 6 aromatic rings. The number of fused-ring (bicyclic) bond motifs is 6. The van der Waals surface area contributed by atoms with Crippen molar-refractivity contribution in [1.29, 1.82) is 0 Å². The standard InChI is InChI=1S/2C16H11BF2N2O/c2*18-17(19)21-13(11-20-14-8-4-5-9-15(14)21)10-16(22-17)12-6-2-1-3-7-12/h2*1-11H. The van der Waals surface area contributed by atoms with Crippen LogP contribution in [0.2, 0.25) is 0 Å². The normalized spacial score (nSPS) is 15.8. The van der Waals surface area contributed by atoms with Crippen LogP contribution in [-0.4, -0.2) is 24.0 Å². The van der Waals surface area contributed by atoms with Gasteiger partial charge in [-0.15, -0.1) is 0 Å². The summed E-state index contributed by atoms with van der Waals surface area (Å²) in [6, 6.07) is 31.3. The van der Waals surface area contributed by atoms with Crippen LogP contribution in [0.25, 0.3) is 45.7 Å². The van der Waals surface area contributed by atoms with Crippen molar-refractivity contribution in [1.82, 2.24) is 9.97 Å². The minimum atomic E-state index is -4.21. The summed E-state index contributed by atoms with van der Waals surface area (Å²) < 4.78 is 70.3. The number of rotatable bonds is 2. The molecule has 0 saturated heterocycles. The molecular weight excluding hydrogens is 570 g/mol. The Morgan fingerprint density at radius 3 is 1.25 bits per heavy atom. The topological polar surface area (TPSA) is 52.0 Å². The maximum Gasteiger partial charge on any atom is 0.834 e. The van der Waals surface area contributed by atoms with E-state index >= 15 is 0 Å². The number of para-hydroxylation sites is 4. The smallest absolute Gasteiger partial charge is 0.599 e. The van der Waals surface area contributed by atoms with Crippen LogP contribution >= 0.6 is 0 Å². The molecule has 6 nitrogen and oxygen atoms in total. The van der Waals surface area contributed by atoms with Gasteiger partial charge in [0, 0.05) is 35.4 Å². The first-order valence-corrected chi connectivity index (χ1v) is 13.8. The number of nitrogens with zero attached hydrogens (tertiary/aromatic N) is 4. The average Bonchev–Trinajstić information content (AvgIpc) is 3.04. The molecule has 2 aromatic heterocycles. The molecule has 4 heterocycles. The molecule has 0 amide bonds. The fraction of sp³-hybridized carbons (Fsp3) is 0. The Balaban J connectivity index is 0.000000142. The van der Waals surface area contributed by atoms with Gasteiger partial charge in [0.25, 0.3) is 0 Å². The van der Waals surface area contributed by atoms with Crippen molar-refractivity contribution in [3.05, 3.63) is 144 Å². The third kappa shape index (κ3) is 4.94. The lowest BCUT2D eigenvalue weighted by atomic mass is 9.97. The minimum Gasteiger partial charge on any atom is -0.599 e. The second kappa shape index (κ2) is 10.6. The zero-order valence-corrected chi connectivity index (χ0v) is 23.0. The van der Waals surface area contributed by atoms with Crippen molar-refractivity contribution < 1.29 is 35.5 Å². The van der Waals surface area contributed by atoms with Crippen LogP contribution in [0.5, 0.6) is 0 Å². The Labute approximate surface area is 249 Å². The lowest BCUT2D eigenvalue weighted by Crippen LogP contribution is -2.64. The summed E-state index contributed by atoms with van der Waals surface area (Å²) >= 11 is 0. The Bertz CT molecular complexity index is 1940. The van der Waals surface area contributed by atoms with Gasteiger partial charge in [-0.05, 0) is 12.1 Å². The van der Waals surface area contributed by atoms with E-state index in [2.05, 4.69) is 9.97 Å². The van der Waals surface area contributed by atoms with E-state index in [1.165, 1.54) is 12.4 Å². The van der Waals surface area contributed by atoms with Crippen molar-refractivity contribution in [3.63, 3.8) is 0 Å². The van der Waals surface area contributed by atoms with Gasteiger partial charge in [0.2, 0.25) is 0 Å². The van der Waals surface area contributed by atoms with Crippen LogP contribution in [0.1, 0.15) is 22.5 Å². The monoisotopic (exact) mass is 592 g/mol. The molecule has 0 N–H and O–H groups in total. The predicted octanol–water partition coefficient (Wildman–Crippen LogP) is 6.55. The highest BCUT2D eigenvalue weighted by atomic mass is 19.3. The fourth-order valence-electron chi connectivity index (χ4n) is 5.37. The van der Waals surface area contributed by atoms with Gasteiger partial charge in [0.15, 0.2) is 22.4 Å². The first-order valence-electron chi connectivity index (χ1n) is 13.8. The highest BCUT2D eigenvalue weighted by Crippen LogP contribution is 2.30. The second-order valence-electron chi connectivity index (χ2n) is 10.2. The van der Waals surface area contributed by atoms with E-state index in [9.17, 15) is 17.3 Å². The first kappa shape index (κ1) is 27.3. The average molecular weight is 592 g/mol. The summed E-state index contributed by atoms with van der Waals surface area (Å²) in [4.78, 5) is 8.49. The molecule has 0 atom stereocenters. The van der Waals surface area contributed by atoms with Crippen molar-refractivity contribution >= 4 is 59.8 Å². The van der Waals surface area contributed by atoms with Crippen LogP contribution in [-0.2, 0) is 9.31 Å². The molecule has 0 radical (unpaired) electrons. The summed E-state index contributed by atoms with van der Waals surface area (Å²) in [6.45, 7) is 0. The molecule has 0 fully saturated rings. The first-order chi connectivity index (χ1) is 21.3. The van der Waals surface area contributed by atoms with Gasteiger partial charge in [-0.1, -0.05) is 84.9 Å². The van der Waals surface area contributed by atoms with Crippen molar-refractivity contribution in [3.8, 4) is 0 Å². The van der Waals surface area contributed by atoms with Crippen molar-refractivity contribution in [2.75, 3.05) is 0 Å². The van der Waals surface area contributed by atoms with Gasteiger partial charge in [0.05, 0.1) is 23.9 Å². The molecular formula is C32H22B2F4N4O2. The van der Waals surface area contributed by atoms with E-state index in [0.29, 0.717) is 44.6 Å². The Hall–Kier alpha value is -5.51. The lowest BCUT2D eigenvalue weighted by Gasteiger charge is -2.28. The summed E-state index contributed by atoms with van der Waals surface area (Å²) in [5, 5.41) is 0. The van der Waals surface area contributed by atoms with Crippen LogP contribution in [0.4, 0.5) is 17.3 Å². The number of halogens is 4. The zero-order valence-electron chi connectivity index (χ0n) is 23.0. The molecule has 0 saturated carbocycles. The van der Waals surface area contributed by atoms with E-state index < -0.39 is 14.1 Å². The van der Waals surface area contributed by atoms with E-state index in [1.54, 1.807) is 109 Å². The number of hydrogen-bond acceptors (Lipinski definition) is 4. The molecule has 4 aromatic carbocycles. The van der Waals surface area contributed by atoms with Gasteiger partial charge in [-0.2, -0.15) is 0 Å². The summed E-state index contributed by atoms with van der Waals surface area (Å²) in [7, 11) is -8.42. The molecule has 2 aliphatic heterocycles.